The first-order valence-electron chi connectivity index (χ1n) is 11.6. The van der Waals surface area contributed by atoms with Gasteiger partial charge in [0.25, 0.3) is 0 Å². The van der Waals surface area contributed by atoms with Crippen molar-refractivity contribution in [2.24, 2.45) is 5.92 Å². The van der Waals surface area contributed by atoms with Crippen molar-refractivity contribution in [2.45, 2.75) is 57.0 Å². The van der Waals surface area contributed by atoms with E-state index in [2.05, 4.69) is 22.8 Å². The maximum atomic E-state index is 12.8. The van der Waals surface area contributed by atoms with Crippen LogP contribution < -0.4 is 10.6 Å². The van der Waals surface area contributed by atoms with Gasteiger partial charge in [0.05, 0.1) is 0 Å². The number of fused-ring (bicyclic) bond motifs is 3. The predicted octanol–water partition coefficient (Wildman–Crippen LogP) is 4.06. The molecule has 0 radical (unpaired) electrons. The van der Waals surface area contributed by atoms with Crippen LogP contribution >= 0.6 is 0 Å². The topological polar surface area (TPSA) is 105 Å². The van der Waals surface area contributed by atoms with Gasteiger partial charge in [0.15, 0.2) is 0 Å². The van der Waals surface area contributed by atoms with Crippen LogP contribution in [-0.2, 0) is 14.3 Å². The lowest BCUT2D eigenvalue weighted by atomic mass is 9.98. The SMILES string of the molecule is CCCC(NC(=O)[C@H](CC1CC1)NC(=O)OCC1c2ccccc2-c2ccccc21)C(=O)O. The number of carbonyl (C=O) groups is 3. The zero-order chi connectivity index (χ0) is 23.4. The summed E-state index contributed by atoms with van der Waals surface area (Å²) in [5.74, 6) is -1.25. The molecule has 1 fully saturated rings. The van der Waals surface area contributed by atoms with Crippen molar-refractivity contribution in [1.29, 1.82) is 0 Å². The third-order valence-corrected chi connectivity index (χ3v) is 6.41. The summed E-state index contributed by atoms with van der Waals surface area (Å²) in [6.07, 6.45) is 2.79. The highest BCUT2D eigenvalue weighted by molar-refractivity contribution is 5.89. The van der Waals surface area contributed by atoms with Crippen molar-refractivity contribution in [2.75, 3.05) is 6.61 Å². The van der Waals surface area contributed by atoms with Crippen LogP contribution in [0.1, 0.15) is 56.1 Å². The lowest BCUT2D eigenvalue weighted by molar-refractivity contribution is -0.142. The Balaban J connectivity index is 1.40. The fourth-order valence-corrected chi connectivity index (χ4v) is 4.52. The predicted molar refractivity (Wildman–Crippen MR) is 124 cm³/mol. The van der Waals surface area contributed by atoms with E-state index < -0.39 is 30.1 Å². The third kappa shape index (κ3) is 5.35. The van der Waals surface area contributed by atoms with Crippen molar-refractivity contribution in [1.82, 2.24) is 10.6 Å². The van der Waals surface area contributed by atoms with Gasteiger partial charge in [-0.05, 0) is 41.0 Å². The number of hydrogen-bond acceptors (Lipinski definition) is 4. The molecule has 4 rings (SSSR count). The van der Waals surface area contributed by atoms with Crippen LogP contribution in [-0.4, -0.2) is 41.8 Å². The minimum Gasteiger partial charge on any atom is -0.480 e. The van der Waals surface area contributed by atoms with Crippen molar-refractivity contribution in [3.63, 3.8) is 0 Å². The smallest absolute Gasteiger partial charge is 0.407 e. The maximum Gasteiger partial charge on any atom is 0.407 e. The Hall–Kier alpha value is -3.35. The van der Waals surface area contributed by atoms with Crippen molar-refractivity contribution in [3.05, 3.63) is 59.7 Å². The van der Waals surface area contributed by atoms with Gasteiger partial charge in [-0.25, -0.2) is 9.59 Å². The largest absolute Gasteiger partial charge is 0.480 e. The normalized spacial score (nSPS) is 16.3. The molecular weight excluding hydrogens is 420 g/mol. The molecule has 7 heteroatoms. The summed E-state index contributed by atoms with van der Waals surface area (Å²) in [7, 11) is 0. The highest BCUT2D eigenvalue weighted by atomic mass is 16.5. The highest BCUT2D eigenvalue weighted by Gasteiger charge is 2.33. The molecule has 2 aromatic carbocycles. The number of benzene rings is 2. The van der Waals surface area contributed by atoms with E-state index >= 15 is 0 Å². The molecule has 0 aromatic heterocycles. The van der Waals surface area contributed by atoms with Crippen LogP contribution in [0.5, 0.6) is 0 Å². The molecule has 3 N–H and O–H groups in total. The third-order valence-electron chi connectivity index (χ3n) is 6.41. The first-order valence-corrected chi connectivity index (χ1v) is 11.6. The standard InChI is InChI=1S/C26H30N2O5/c1-2-7-22(25(30)31)27-24(29)23(14-16-12-13-16)28-26(32)33-15-21-19-10-5-3-8-17(19)18-9-4-6-11-20(18)21/h3-6,8-11,16,21-23H,2,7,12-15H2,1H3,(H,27,29)(H,28,32)(H,30,31)/t22?,23-/m0/s1. The molecule has 2 aliphatic carbocycles. The summed E-state index contributed by atoms with van der Waals surface area (Å²) < 4.78 is 5.58. The van der Waals surface area contributed by atoms with E-state index in [9.17, 15) is 19.5 Å². The molecule has 33 heavy (non-hydrogen) atoms. The maximum absolute atomic E-state index is 12.8. The number of nitrogens with one attached hydrogen (secondary N) is 2. The van der Waals surface area contributed by atoms with E-state index in [1.165, 1.54) is 0 Å². The Bertz CT molecular complexity index is 987. The quantitative estimate of drug-likeness (QED) is 0.506. The Kier molecular flexibility index (Phi) is 6.96. The molecule has 0 saturated heterocycles. The number of hydrogen-bond donors (Lipinski definition) is 3. The molecule has 1 saturated carbocycles. The van der Waals surface area contributed by atoms with E-state index in [0.717, 1.165) is 35.1 Å². The van der Waals surface area contributed by atoms with E-state index in [0.29, 0.717) is 25.2 Å². The van der Waals surface area contributed by atoms with E-state index in [-0.39, 0.29) is 12.5 Å². The second-order valence-electron chi connectivity index (χ2n) is 8.89. The van der Waals surface area contributed by atoms with Crippen molar-refractivity contribution < 1.29 is 24.2 Å². The Morgan fingerprint density at radius 3 is 2.12 bits per heavy atom. The average molecular weight is 451 g/mol. The number of aliphatic carboxylic acids is 1. The fourth-order valence-electron chi connectivity index (χ4n) is 4.52. The van der Waals surface area contributed by atoms with Gasteiger partial charge in [-0.1, -0.05) is 74.7 Å². The van der Waals surface area contributed by atoms with Crippen LogP contribution in [0.25, 0.3) is 11.1 Å². The molecule has 2 aromatic rings. The van der Waals surface area contributed by atoms with Gasteiger partial charge >= 0.3 is 12.1 Å². The van der Waals surface area contributed by atoms with E-state index in [1.54, 1.807) is 0 Å². The first kappa shape index (κ1) is 22.8. The summed E-state index contributed by atoms with van der Waals surface area (Å²) in [5.41, 5.74) is 4.51. The molecule has 0 aliphatic heterocycles. The summed E-state index contributed by atoms with van der Waals surface area (Å²) >= 11 is 0. The average Bonchev–Trinajstić information content (AvgIpc) is 3.57. The van der Waals surface area contributed by atoms with Gasteiger partial charge in [0, 0.05) is 5.92 Å². The molecular formula is C26H30N2O5. The first-order chi connectivity index (χ1) is 16.0. The van der Waals surface area contributed by atoms with Gasteiger partial charge in [-0.3, -0.25) is 4.79 Å². The zero-order valence-electron chi connectivity index (χ0n) is 18.8. The molecule has 0 bridgehead atoms. The number of ether oxygens (including phenoxy) is 1. The summed E-state index contributed by atoms with van der Waals surface area (Å²) in [6, 6.07) is 14.4. The van der Waals surface area contributed by atoms with Crippen LogP contribution in [0.2, 0.25) is 0 Å². The molecule has 2 aliphatic rings. The number of rotatable bonds is 10. The second kappa shape index (κ2) is 10.1. The lowest BCUT2D eigenvalue weighted by Crippen LogP contribution is -2.52. The minimum atomic E-state index is -1.07. The number of carboxylic acids is 1. The number of amides is 2. The minimum absolute atomic E-state index is 0.0696. The zero-order valence-corrected chi connectivity index (χ0v) is 18.8. The van der Waals surface area contributed by atoms with Crippen molar-refractivity contribution in [3.8, 4) is 11.1 Å². The Morgan fingerprint density at radius 2 is 1.58 bits per heavy atom. The van der Waals surface area contributed by atoms with Gasteiger partial charge in [0.1, 0.15) is 18.7 Å². The fraction of sp³-hybridized carbons (Fsp3) is 0.423. The lowest BCUT2D eigenvalue weighted by Gasteiger charge is -2.22. The van der Waals surface area contributed by atoms with Crippen LogP contribution in [0.3, 0.4) is 0 Å². The van der Waals surface area contributed by atoms with Crippen molar-refractivity contribution >= 4 is 18.0 Å². The summed E-state index contributed by atoms with van der Waals surface area (Å²) in [5, 5.41) is 14.6. The monoisotopic (exact) mass is 450 g/mol. The molecule has 7 nitrogen and oxygen atoms in total. The van der Waals surface area contributed by atoms with Gasteiger partial charge in [-0.15, -0.1) is 0 Å². The molecule has 2 atom stereocenters. The van der Waals surface area contributed by atoms with E-state index in [1.807, 2.05) is 43.3 Å². The highest BCUT2D eigenvalue weighted by Crippen LogP contribution is 2.44. The molecule has 2 amide bonds. The number of carbonyl (C=O) groups excluding carboxylic acids is 2. The van der Waals surface area contributed by atoms with E-state index in [4.69, 9.17) is 4.74 Å². The molecule has 0 heterocycles. The number of carboxylic acid groups (broad SMARTS) is 1. The second-order valence-corrected chi connectivity index (χ2v) is 8.89. The molecule has 0 spiro atoms. The van der Waals surface area contributed by atoms with Gasteiger partial charge in [0.2, 0.25) is 5.91 Å². The summed E-state index contributed by atoms with van der Waals surface area (Å²) in [6.45, 7) is 2.02. The van der Waals surface area contributed by atoms with Crippen LogP contribution in [0, 0.1) is 5.92 Å². The van der Waals surface area contributed by atoms with Gasteiger partial charge in [-0.2, -0.15) is 0 Å². The molecule has 1 unspecified atom stereocenters. The van der Waals surface area contributed by atoms with Crippen LogP contribution in [0.4, 0.5) is 4.79 Å². The Morgan fingerprint density at radius 1 is 0.970 bits per heavy atom. The Labute approximate surface area is 193 Å². The summed E-state index contributed by atoms with van der Waals surface area (Å²) in [4.78, 5) is 36.9. The number of alkyl carbamates (subject to hydrolysis) is 1. The van der Waals surface area contributed by atoms with Gasteiger partial charge < -0.3 is 20.5 Å². The molecule has 174 valence electrons. The van der Waals surface area contributed by atoms with Crippen LogP contribution in [0.15, 0.2) is 48.5 Å².